The van der Waals surface area contributed by atoms with Gasteiger partial charge in [-0.3, -0.25) is 4.79 Å². The van der Waals surface area contributed by atoms with E-state index >= 15 is 0 Å². The third kappa shape index (κ3) is 3.00. The van der Waals surface area contributed by atoms with E-state index in [1.807, 2.05) is 18.7 Å². The van der Waals surface area contributed by atoms with Gasteiger partial charge in [-0.2, -0.15) is 0 Å². The van der Waals surface area contributed by atoms with E-state index in [1.165, 1.54) is 24.2 Å². The molecule has 1 saturated carbocycles. The van der Waals surface area contributed by atoms with Gasteiger partial charge in [-0.1, -0.05) is 24.2 Å². The van der Waals surface area contributed by atoms with Gasteiger partial charge in [0, 0.05) is 19.1 Å². The van der Waals surface area contributed by atoms with E-state index in [-0.39, 0.29) is 5.91 Å². The van der Waals surface area contributed by atoms with Crippen molar-refractivity contribution < 1.29 is 4.79 Å². The molecular weight excluding hydrogens is 260 g/mol. The molecular formula is C13H22N4OS. The summed E-state index contributed by atoms with van der Waals surface area (Å²) in [4.78, 5) is 19.3. The van der Waals surface area contributed by atoms with Crippen LogP contribution in [0.15, 0.2) is 0 Å². The molecule has 1 aliphatic carbocycles. The predicted molar refractivity (Wildman–Crippen MR) is 79.7 cm³/mol. The summed E-state index contributed by atoms with van der Waals surface area (Å²) < 4.78 is 0. The standard InChI is InChI=1S/C13H22N4OS/c1-3-15-13-16-11(14)10(19-13)12(18)17(4-2)9-7-5-6-8-9/h9H,3-8,14H2,1-2H3,(H,15,16). The zero-order valence-electron chi connectivity index (χ0n) is 11.6. The van der Waals surface area contributed by atoms with Gasteiger partial charge in [-0.25, -0.2) is 4.98 Å². The highest BCUT2D eigenvalue weighted by atomic mass is 32.1. The first kappa shape index (κ1) is 14.1. The van der Waals surface area contributed by atoms with E-state index in [9.17, 15) is 4.79 Å². The molecule has 0 saturated heterocycles. The lowest BCUT2D eigenvalue weighted by Gasteiger charge is -2.27. The lowest BCUT2D eigenvalue weighted by Crippen LogP contribution is -2.38. The molecule has 0 radical (unpaired) electrons. The Kier molecular flexibility index (Phi) is 4.63. The van der Waals surface area contributed by atoms with Crippen LogP contribution in [0.2, 0.25) is 0 Å². The van der Waals surface area contributed by atoms with Crippen LogP contribution < -0.4 is 11.1 Å². The molecule has 0 aromatic carbocycles. The molecule has 1 aliphatic rings. The molecule has 19 heavy (non-hydrogen) atoms. The first-order valence-electron chi connectivity index (χ1n) is 6.98. The molecule has 1 heterocycles. The molecule has 1 fully saturated rings. The van der Waals surface area contributed by atoms with E-state index in [2.05, 4.69) is 10.3 Å². The van der Waals surface area contributed by atoms with Crippen molar-refractivity contribution in [1.29, 1.82) is 0 Å². The second-order valence-corrected chi connectivity index (χ2v) is 5.79. The summed E-state index contributed by atoms with van der Waals surface area (Å²) in [6, 6.07) is 0.376. The number of amides is 1. The number of rotatable bonds is 5. The van der Waals surface area contributed by atoms with Crippen LogP contribution in [0, 0.1) is 0 Å². The van der Waals surface area contributed by atoms with Gasteiger partial charge >= 0.3 is 0 Å². The summed E-state index contributed by atoms with van der Waals surface area (Å²) in [7, 11) is 0. The number of hydrogen-bond donors (Lipinski definition) is 2. The van der Waals surface area contributed by atoms with Crippen molar-refractivity contribution in [3.8, 4) is 0 Å². The van der Waals surface area contributed by atoms with Gasteiger partial charge in [0.15, 0.2) is 5.13 Å². The Bertz CT molecular complexity index is 440. The Morgan fingerprint density at radius 2 is 2.16 bits per heavy atom. The van der Waals surface area contributed by atoms with Gasteiger partial charge in [0.1, 0.15) is 10.7 Å². The molecule has 6 heteroatoms. The Morgan fingerprint density at radius 3 is 2.74 bits per heavy atom. The number of anilines is 2. The normalized spacial score (nSPS) is 15.7. The average molecular weight is 282 g/mol. The molecule has 1 amide bonds. The molecule has 0 unspecified atom stereocenters. The highest BCUT2D eigenvalue weighted by Crippen LogP contribution is 2.30. The van der Waals surface area contributed by atoms with Gasteiger partial charge in [0.2, 0.25) is 0 Å². The van der Waals surface area contributed by atoms with Crippen molar-refractivity contribution in [1.82, 2.24) is 9.88 Å². The van der Waals surface area contributed by atoms with Crippen LogP contribution in [-0.2, 0) is 0 Å². The van der Waals surface area contributed by atoms with Crippen molar-refractivity contribution in [2.75, 3.05) is 24.1 Å². The van der Waals surface area contributed by atoms with E-state index in [0.29, 0.717) is 16.7 Å². The highest BCUT2D eigenvalue weighted by Gasteiger charge is 2.28. The van der Waals surface area contributed by atoms with Gasteiger partial charge in [-0.15, -0.1) is 0 Å². The molecule has 0 atom stereocenters. The summed E-state index contributed by atoms with van der Waals surface area (Å²) in [6.45, 7) is 5.53. The topological polar surface area (TPSA) is 71.2 Å². The Balaban J connectivity index is 2.16. The van der Waals surface area contributed by atoms with Gasteiger partial charge < -0.3 is 16.0 Å². The number of carbonyl (C=O) groups excluding carboxylic acids is 1. The fourth-order valence-corrected chi connectivity index (χ4v) is 3.53. The number of hydrogen-bond acceptors (Lipinski definition) is 5. The summed E-state index contributed by atoms with van der Waals surface area (Å²) in [5.41, 5.74) is 5.88. The molecule has 5 nitrogen and oxygen atoms in total. The highest BCUT2D eigenvalue weighted by molar-refractivity contribution is 7.18. The number of aromatic nitrogens is 1. The smallest absolute Gasteiger partial charge is 0.268 e. The molecule has 3 N–H and O–H groups in total. The van der Waals surface area contributed by atoms with Crippen molar-refractivity contribution in [3.63, 3.8) is 0 Å². The minimum absolute atomic E-state index is 0.0357. The second-order valence-electron chi connectivity index (χ2n) is 4.79. The number of nitrogens with two attached hydrogens (primary N) is 1. The third-order valence-corrected chi connectivity index (χ3v) is 4.56. The predicted octanol–water partition coefficient (Wildman–Crippen LogP) is 2.56. The largest absolute Gasteiger partial charge is 0.382 e. The maximum absolute atomic E-state index is 12.6. The SMILES string of the molecule is CCNc1nc(N)c(C(=O)N(CC)C2CCCC2)s1. The van der Waals surface area contributed by atoms with Crippen molar-refractivity contribution in [2.45, 2.75) is 45.6 Å². The summed E-state index contributed by atoms with van der Waals surface area (Å²) in [5.74, 6) is 0.385. The first-order chi connectivity index (χ1) is 9.17. The maximum atomic E-state index is 12.6. The number of thiazole rings is 1. The van der Waals surface area contributed by atoms with E-state index in [1.54, 1.807) is 0 Å². The van der Waals surface area contributed by atoms with Crippen LogP contribution in [0.4, 0.5) is 10.9 Å². The number of nitrogens with one attached hydrogen (secondary N) is 1. The number of carbonyl (C=O) groups is 1. The van der Waals surface area contributed by atoms with Crippen LogP contribution in [0.25, 0.3) is 0 Å². The summed E-state index contributed by atoms with van der Waals surface area (Å²) in [5, 5.41) is 3.83. The molecule has 0 aliphatic heterocycles. The lowest BCUT2D eigenvalue weighted by molar-refractivity contribution is 0.0699. The van der Waals surface area contributed by atoms with Crippen LogP contribution >= 0.6 is 11.3 Å². The molecule has 106 valence electrons. The monoisotopic (exact) mass is 282 g/mol. The van der Waals surface area contributed by atoms with Crippen LogP contribution in [-0.4, -0.2) is 34.9 Å². The minimum atomic E-state index is 0.0357. The van der Waals surface area contributed by atoms with E-state index in [0.717, 1.165) is 31.1 Å². The first-order valence-corrected chi connectivity index (χ1v) is 7.80. The van der Waals surface area contributed by atoms with E-state index < -0.39 is 0 Å². The maximum Gasteiger partial charge on any atom is 0.268 e. The molecule has 0 spiro atoms. The zero-order valence-corrected chi connectivity index (χ0v) is 12.4. The van der Waals surface area contributed by atoms with Gasteiger partial charge in [0.25, 0.3) is 5.91 Å². The number of nitrogens with zero attached hydrogens (tertiary/aromatic N) is 2. The van der Waals surface area contributed by atoms with Gasteiger partial charge in [0.05, 0.1) is 0 Å². The number of nitrogen functional groups attached to an aromatic ring is 1. The zero-order chi connectivity index (χ0) is 13.8. The van der Waals surface area contributed by atoms with Crippen LogP contribution in [0.5, 0.6) is 0 Å². The second kappa shape index (κ2) is 6.23. The summed E-state index contributed by atoms with van der Waals surface area (Å²) >= 11 is 1.36. The lowest BCUT2D eigenvalue weighted by atomic mass is 10.2. The Hall–Kier alpha value is -1.30. The molecule has 1 aromatic heterocycles. The third-order valence-electron chi connectivity index (χ3n) is 3.54. The average Bonchev–Trinajstić information content (AvgIpc) is 3.01. The molecule has 1 aromatic rings. The van der Waals surface area contributed by atoms with Gasteiger partial charge in [-0.05, 0) is 26.7 Å². The molecule has 2 rings (SSSR count). The van der Waals surface area contributed by atoms with Crippen LogP contribution in [0.1, 0.15) is 49.2 Å². The quantitative estimate of drug-likeness (QED) is 0.870. The summed E-state index contributed by atoms with van der Waals surface area (Å²) in [6.07, 6.45) is 4.65. The Labute approximate surface area is 118 Å². The van der Waals surface area contributed by atoms with Crippen molar-refractivity contribution in [3.05, 3.63) is 4.88 Å². The minimum Gasteiger partial charge on any atom is -0.382 e. The Morgan fingerprint density at radius 1 is 1.47 bits per heavy atom. The van der Waals surface area contributed by atoms with E-state index in [4.69, 9.17) is 5.73 Å². The molecule has 0 bridgehead atoms. The fraction of sp³-hybridized carbons (Fsp3) is 0.692. The fourth-order valence-electron chi connectivity index (χ4n) is 2.63. The van der Waals surface area contributed by atoms with Crippen LogP contribution in [0.3, 0.4) is 0 Å². The van der Waals surface area contributed by atoms with Crippen molar-refractivity contribution in [2.24, 2.45) is 0 Å². The van der Waals surface area contributed by atoms with Crippen molar-refractivity contribution >= 4 is 28.2 Å².